The van der Waals surface area contributed by atoms with Crippen LogP contribution in [0, 0.1) is 0 Å². The monoisotopic (exact) mass is 413 g/mol. The van der Waals surface area contributed by atoms with Crippen molar-refractivity contribution in [3.05, 3.63) is 63.5 Å². The molecular weight excluding hydrogens is 390 g/mol. The van der Waals surface area contributed by atoms with Crippen molar-refractivity contribution in [3.63, 3.8) is 0 Å². The van der Waals surface area contributed by atoms with Gasteiger partial charge in [-0.1, -0.05) is 25.1 Å². The van der Waals surface area contributed by atoms with Crippen molar-refractivity contribution in [2.75, 3.05) is 19.0 Å². The molecule has 2 N–H and O–H groups in total. The van der Waals surface area contributed by atoms with Crippen molar-refractivity contribution in [3.8, 4) is 0 Å². The number of hydrogen-bond acceptors (Lipinski definition) is 5. The maximum Gasteiger partial charge on any atom is 0.337 e. The Kier molecular flexibility index (Phi) is 6.33. The Morgan fingerprint density at radius 2 is 2.07 bits per heavy atom. The minimum absolute atomic E-state index is 0.209. The second kappa shape index (κ2) is 8.91. The maximum absolute atomic E-state index is 12.6. The highest BCUT2D eigenvalue weighted by atomic mass is 32.1. The summed E-state index contributed by atoms with van der Waals surface area (Å²) in [6.07, 6.45) is 0.758. The number of carbonyl (C=O) groups is 3. The standard InChI is InChI=1S/C21H23N3O4S/c1-4-10-24-13(2)17(20(26)28-3)18(23-21(24)27)14-7-5-8-15(12-14)22-19(25)16-9-6-11-29-16/h5-9,11-12,18H,4,10H2,1-3H3,(H,22,25)(H,23,27). The lowest BCUT2D eigenvalue weighted by Crippen LogP contribution is -2.48. The van der Waals surface area contributed by atoms with Gasteiger partial charge in [0.05, 0.1) is 23.6 Å². The highest BCUT2D eigenvalue weighted by Gasteiger charge is 2.36. The van der Waals surface area contributed by atoms with Gasteiger partial charge in [-0.3, -0.25) is 9.69 Å². The van der Waals surface area contributed by atoms with Crippen molar-refractivity contribution in [1.29, 1.82) is 0 Å². The van der Waals surface area contributed by atoms with Gasteiger partial charge in [0.15, 0.2) is 0 Å². The number of nitrogens with zero attached hydrogens (tertiary/aromatic N) is 1. The number of nitrogens with one attached hydrogen (secondary N) is 2. The predicted octanol–water partition coefficient (Wildman–Crippen LogP) is 3.92. The zero-order valence-electron chi connectivity index (χ0n) is 16.5. The summed E-state index contributed by atoms with van der Waals surface area (Å²) in [5.41, 5.74) is 2.20. The molecule has 0 aliphatic carbocycles. The summed E-state index contributed by atoms with van der Waals surface area (Å²) in [7, 11) is 1.32. The zero-order valence-corrected chi connectivity index (χ0v) is 17.3. The van der Waals surface area contributed by atoms with Gasteiger partial charge in [0.1, 0.15) is 0 Å². The normalized spacial score (nSPS) is 16.4. The summed E-state index contributed by atoms with van der Waals surface area (Å²) < 4.78 is 4.97. The van der Waals surface area contributed by atoms with E-state index in [1.807, 2.05) is 18.4 Å². The lowest BCUT2D eigenvalue weighted by Gasteiger charge is -2.35. The third-order valence-corrected chi connectivity index (χ3v) is 5.54. The summed E-state index contributed by atoms with van der Waals surface area (Å²) in [6, 6.07) is 9.71. The number of esters is 1. The van der Waals surface area contributed by atoms with Crippen LogP contribution < -0.4 is 10.6 Å². The van der Waals surface area contributed by atoms with E-state index in [4.69, 9.17) is 4.74 Å². The van der Waals surface area contributed by atoms with Crippen LogP contribution in [0.25, 0.3) is 0 Å². The van der Waals surface area contributed by atoms with Gasteiger partial charge in [-0.2, -0.15) is 0 Å². The van der Waals surface area contributed by atoms with E-state index in [1.165, 1.54) is 18.4 Å². The smallest absolute Gasteiger partial charge is 0.337 e. The third-order valence-electron chi connectivity index (χ3n) is 4.67. The molecule has 2 heterocycles. The van der Waals surface area contributed by atoms with Gasteiger partial charge >= 0.3 is 12.0 Å². The second-order valence-electron chi connectivity index (χ2n) is 6.58. The first kappa shape index (κ1) is 20.6. The van der Waals surface area contributed by atoms with Gasteiger partial charge in [0.2, 0.25) is 0 Å². The van der Waals surface area contributed by atoms with Gasteiger partial charge in [-0.25, -0.2) is 9.59 Å². The average Bonchev–Trinajstić information content (AvgIpc) is 3.25. The summed E-state index contributed by atoms with van der Waals surface area (Å²) in [5.74, 6) is -0.708. The molecule has 29 heavy (non-hydrogen) atoms. The predicted molar refractivity (Wildman–Crippen MR) is 112 cm³/mol. The third kappa shape index (κ3) is 4.32. The van der Waals surface area contributed by atoms with E-state index in [2.05, 4.69) is 10.6 Å². The highest BCUT2D eigenvalue weighted by molar-refractivity contribution is 7.12. The van der Waals surface area contributed by atoms with Gasteiger partial charge in [-0.05, 0) is 42.5 Å². The van der Waals surface area contributed by atoms with E-state index in [1.54, 1.807) is 42.2 Å². The van der Waals surface area contributed by atoms with E-state index in [9.17, 15) is 14.4 Å². The Labute approximate surface area is 173 Å². The molecule has 1 atom stereocenters. The van der Waals surface area contributed by atoms with Crippen LogP contribution in [-0.4, -0.2) is 36.5 Å². The van der Waals surface area contributed by atoms with Crippen molar-refractivity contribution in [2.24, 2.45) is 0 Å². The van der Waals surface area contributed by atoms with E-state index in [0.717, 1.165) is 6.42 Å². The molecule has 0 saturated carbocycles. The minimum Gasteiger partial charge on any atom is -0.466 e. The fourth-order valence-corrected chi connectivity index (χ4v) is 3.91. The first-order chi connectivity index (χ1) is 14.0. The number of urea groups is 1. The molecule has 1 aliphatic rings. The molecule has 8 heteroatoms. The Morgan fingerprint density at radius 1 is 1.28 bits per heavy atom. The van der Waals surface area contributed by atoms with Gasteiger partial charge in [0.25, 0.3) is 5.91 Å². The van der Waals surface area contributed by atoms with Crippen molar-refractivity contribution in [2.45, 2.75) is 26.3 Å². The van der Waals surface area contributed by atoms with Crippen LogP contribution in [0.5, 0.6) is 0 Å². The molecule has 0 bridgehead atoms. The zero-order chi connectivity index (χ0) is 21.0. The van der Waals surface area contributed by atoms with Crippen molar-refractivity contribution in [1.82, 2.24) is 10.2 Å². The van der Waals surface area contributed by atoms with E-state index < -0.39 is 12.0 Å². The fraction of sp³-hybridized carbons (Fsp3) is 0.286. The number of carbonyl (C=O) groups excluding carboxylic acids is 3. The Balaban J connectivity index is 1.94. The second-order valence-corrected chi connectivity index (χ2v) is 7.53. The average molecular weight is 413 g/mol. The Morgan fingerprint density at radius 3 is 2.72 bits per heavy atom. The molecule has 1 aliphatic heterocycles. The van der Waals surface area contributed by atoms with E-state index in [-0.39, 0.29) is 11.9 Å². The number of allylic oxidation sites excluding steroid dienone is 1. The molecule has 0 saturated heterocycles. The highest BCUT2D eigenvalue weighted by Crippen LogP contribution is 2.32. The molecule has 1 aromatic carbocycles. The Hall–Kier alpha value is -3.13. The summed E-state index contributed by atoms with van der Waals surface area (Å²) in [4.78, 5) is 39.6. The van der Waals surface area contributed by atoms with Crippen molar-refractivity contribution < 1.29 is 19.1 Å². The topological polar surface area (TPSA) is 87.7 Å². The molecule has 1 unspecified atom stereocenters. The van der Waals surface area contributed by atoms with Crippen LogP contribution in [0.2, 0.25) is 0 Å². The molecule has 2 aromatic rings. The molecule has 152 valence electrons. The van der Waals surface area contributed by atoms with Crippen LogP contribution in [0.3, 0.4) is 0 Å². The Bertz CT molecular complexity index is 953. The molecule has 3 amide bonds. The molecule has 3 rings (SSSR count). The molecular formula is C21H23N3O4S. The first-order valence-corrected chi connectivity index (χ1v) is 10.2. The summed E-state index contributed by atoms with van der Waals surface area (Å²) in [5, 5.41) is 7.57. The lowest BCUT2D eigenvalue weighted by atomic mass is 9.94. The number of thiophene rings is 1. The number of benzene rings is 1. The number of rotatable bonds is 6. The number of hydrogen-bond donors (Lipinski definition) is 2. The SMILES string of the molecule is CCCN1C(=O)NC(c2cccc(NC(=O)c3cccs3)c2)C(C(=O)OC)=C1C. The number of methoxy groups -OCH3 is 1. The fourth-order valence-electron chi connectivity index (χ4n) is 3.29. The minimum atomic E-state index is -0.665. The van der Waals surface area contributed by atoms with Gasteiger partial charge in [-0.15, -0.1) is 11.3 Å². The lowest BCUT2D eigenvalue weighted by molar-refractivity contribution is -0.136. The van der Waals surface area contributed by atoms with Gasteiger partial charge in [0, 0.05) is 17.9 Å². The molecule has 0 fully saturated rings. The molecule has 7 nitrogen and oxygen atoms in total. The molecule has 1 aromatic heterocycles. The summed E-state index contributed by atoms with van der Waals surface area (Å²) in [6.45, 7) is 4.21. The maximum atomic E-state index is 12.6. The van der Waals surface area contributed by atoms with E-state index >= 15 is 0 Å². The van der Waals surface area contributed by atoms with Gasteiger partial charge < -0.3 is 15.4 Å². The van der Waals surface area contributed by atoms with Crippen LogP contribution in [0.1, 0.15) is 41.5 Å². The van der Waals surface area contributed by atoms with Crippen molar-refractivity contribution >= 4 is 34.9 Å². The van der Waals surface area contributed by atoms with Crippen LogP contribution in [-0.2, 0) is 9.53 Å². The molecule has 0 spiro atoms. The number of ether oxygens (including phenoxy) is 1. The van der Waals surface area contributed by atoms with Crippen LogP contribution in [0.4, 0.5) is 10.5 Å². The largest absolute Gasteiger partial charge is 0.466 e. The summed E-state index contributed by atoms with van der Waals surface area (Å²) >= 11 is 1.35. The molecule has 0 radical (unpaired) electrons. The van der Waals surface area contributed by atoms with Crippen LogP contribution in [0.15, 0.2) is 53.0 Å². The van der Waals surface area contributed by atoms with E-state index in [0.29, 0.717) is 33.9 Å². The number of anilines is 1. The van der Waals surface area contributed by atoms with Crippen LogP contribution >= 0.6 is 11.3 Å². The quantitative estimate of drug-likeness (QED) is 0.703. The number of amides is 3. The first-order valence-electron chi connectivity index (χ1n) is 9.28.